The van der Waals surface area contributed by atoms with E-state index >= 15 is 0 Å². The number of hydrogen-bond acceptors (Lipinski definition) is 6. The lowest BCUT2D eigenvalue weighted by Gasteiger charge is -2.13. The van der Waals surface area contributed by atoms with Gasteiger partial charge in [0.15, 0.2) is 6.61 Å². The van der Waals surface area contributed by atoms with Gasteiger partial charge in [0.1, 0.15) is 11.3 Å². The standard InChI is InChI=1S/C14H20N2O5/c1-9(7-19-2)16-13(17)8-21-14(18)11-6-10(15)4-5-12(11)20-3/h4-6,9H,7-8,15H2,1-3H3,(H,16,17). The van der Waals surface area contributed by atoms with Crippen LogP contribution in [0.2, 0.25) is 0 Å². The van der Waals surface area contributed by atoms with Gasteiger partial charge >= 0.3 is 5.97 Å². The van der Waals surface area contributed by atoms with Crippen LogP contribution < -0.4 is 15.8 Å². The summed E-state index contributed by atoms with van der Waals surface area (Å²) in [6.07, 6.45) is 0. The van der Waals surface area contributed by atoms with Gasteiger partial charge in [0.2, 0.25) is 0 Å². The fourth-order valence-corrected chi connectivity index (χ4v) is 1.70. The number of anilines is 1. The number of carbonyl (C=O) groups is 2. The van der Waals surface area contributed by atoms with E-state index in [0.717, 1.165) is 0 Å². The van der Waals surface area contributed by atoms with Crippen LogP contribution in [0.1, 0.15) is 17.3 Å². The second kappa shape index (κ2) is 8.11. The molecular formula is C14H20N2O5. The van der Waals surface area contributed by atoms with Crippen molar-refractivity contribution in [3.8, 4) is 5.75 Å². The molecule has 1 unspecified atom stereocenters. The molecule has 7 nitrogen and oxygen atoms in total. The number of amides is 1. The Labute approximate surface area is 123 Å². The van der Waals surface area contributed by atoms with Crippen LogP contribution in [-0.4, -0.2) is 45.4 Å². The smallest absolute Gasteiger partial charge is 0.342 e. The molecule has 1 aromatic carbocycles. The summed E-state index contributed by atoms with van der Waals surface area (Å²) >= 11 is 0. The first-order chi connectivity index (χ1) is 9.97. The normalized spacial score (nSPS) is 11.6. The van der Waals surface area contributed by atoms with Crippen molar-refractivity contribution in [1.82, 2.24) is 5.32 Å². The monoisotopic (exact) mass is 296 g/mol. The van der Waals surface area contributed by atoms with Gasteiger partial charge in [-0.1, -0.05) is 0 Å². The zero-order chi connectivity index (χ0) is 15.8. The van der Waals surface area contributed by atoms with Crippen LogP contribution in [-0.2, 0) is 14.3 Å². The van der Waals surface area contributed by atoms with Gasteiger partial charge in [-0.2, -0.15) is 0 Å². The molecule has 0 aliphatic carbocycles. The van der Waals surface area contributed by atoms with Crippen LogP contribution in [0, 0.1) is 0 Å². The third-order valence-corrected chi connectivity index (χ3v) is 2.60. The van der Waals surface area contributed by atoms with Gasteiger partial charge in [-0.05, 0) is 25.1 Å². The minimum absolute atomic E-state index is 0.164. The lowest BCUT2D eigenvalue weighted by atomic mass is 10.2. The summed E-state index contributed by atoms with van der Waals surface area (Å²) in [6.45, 7) is 1.78. The highest BCUT2D eigenvalue weighted by Crippen LogP contribution is 2.21. The number of methoxy groups -OCH3 is 2. The molecule has 0 aliphatic heterocycles. The minimum atomic E-state index is -0.673. The van der Waals surface area contributed by atoms with E-state index in [2.05, 4.69) is 5.32 Å². The zero-order valence-corrected chi connectivity index (χ0v) is 12.3. The molecule has 0 saturated heterocycles. The van der Waals surface area contributed by atoms with Crippen molar-refractivity contribution in [2.75, 3.05) is 33.2 Å². The molecule has 21 heavy (non-hydrogen) atoms. The highest BCUT2D eigenvalue weighted by Gasteiger charge is 2.16. The Balaban J connectivity index is 2.58. The van der Waals surface area contributed by atoms with Crippen LogP contribution in [0.3, 0.4) is 0 Å². The number of rotatable bonds is 7. The minimum Gasteiger partial charge on any atom is -0.496 e. The number of benzene rings is 1. The molecule has 1 aromatic rings. The molecule has 0 radical (unpaired) electrons. The SMILES string of the molecule is COCC(C)NC(=O)COC(=O)c1cc(N)ccc1OC. The van der Waals surface area contributed by atoms with E-state index in [0.29, 0.717) is 18.0 Å². The fourth-order valence-electron chi connectivity index (χ4n) is 1.70. The highest BCUT2D eigenvalue weighted by atomic mass is 16.5. The molecule has 7 heteroatoms. The summed E-state index contributed by atoms with van der Waals surface area (Å²) in [4.78, 5) is 23.5. The maximum atomic E-state index is 11.9. The Morgan fingerprint density at radius 1 is 1.33 bits per heavy atom. The lowest BCUT2D eigenvalue weighted by molar-refractivity contribution is -0.125. The summed E-state index contributed by atoms with van der Waals surface area (Å²) in [5.41, 5.74) is 6.20. The zero-order valence-electron chi connectivity index (χ0n) is 12.3. The van der Waals surface area contributed by atoms with Gasteiger partial charge in [0.25, 0.3) is 5.91 Å². The van der Waals surface area contributed by atoms with E-state index in [-0.39, 0.29) is 18.2 Å². The first-order valence-electron chi connectivity index (χ1n) is 6.36. The van der Waals surface area contributed by atoms with Crippen molar-refractivity contribution in [3.63, 3.8) is 0 Å². The van der Waals surface area contributed by atoms with Gasteiger partial charge in [0.05, 0.1) is 13.7 Å². The molecule has 0 saturated carbocycles. The van der Waals surface area contributed by atoms with Crippen molar-refractivity contribution < 1.29 is 23.8 Å². The average Bonchev–Trinajstić information content (AvgIpc) is 2.44. The van der Waals surface area contributed by atoms with E-state index in [1.807, 2.05) is 0 Å². The molecule has 0 spiro atoms. The molecule has 0 aliphatic rings. The molecule has 1 atom stereocenters. The van der Waals surface area contributed by atoms with Gasteiger partial charge in [-0.25, -0.2) is 4.79 Å². The number of carbonyl (C=O) groups excluding carboxylic acids is 2. The van der Waals surface area contributed by atoms with Gasteiger partial charge in [-0.15, -0.1) is 0 Å². The van der Waals surface area contributed by atoms with Crippen LogP contribution in [0.4, 0.5) is 5.69 Å². The van der Waals surface area contributed by atoms with E-state index < -0.39 is 11.9 Å². The van der Waals surface area contributed by atoms with Gasteiger partial charge < -0.3 is 25.3 Å². The van der Waals surface area contributed by atoms with Crippen molar-refractivity contribution in [1.29, 1.82) is 0 Å². The predicted molar refractivity (Wildman–Crippen MR) is 77.2 cm³/mol. The van der Waals surface area contributed by atoms with E-state index in [1.54, 1.807) is 19.1 Å². The van der Waals surface area contributed by atoms with E-state index in [9.17, 15) is 9.59 Å². The van der Waals surface area contributed by atoms with Crippen molar-refractivity contribution in [2.45, 2.75) is 13.0 Å². The molecule has 3 N–H and O–H groups in total. The Morgan fingerprint density at radius 2 is 2.05 bits per heavy atom. The summed E-state index contributed by atoms with van der Waals surface area (Å²) in [6, 6.07) is 4.44. The predicted octanol–water partition coefficient (Wildman–Crippen LogP) is 0.585. The Bertz CT molecular complexity index is 504. The summed E-state index contributed by atoms with van der Waals surface area (Å²) in [5.74, 6) is -0.744. The number of hydrogen-bond donors (Lipinski definition) is 2. The van der Waals surface area contributed by atoms with Crippen LogP contribution in [0.15, 0.2) is 18.2 Å². The van der Waals surface area contributed by atoms with Crippen molar-refractivity contribution >= 4 is 17.6 Å². The van der Waals surface area contributed by atoms with Gasteiger partial charge in [-0.3, -0.25) is 4.79 Å². The number of nitrogens with two attached hydrogens (primary N) is 1. The fraction of sp³-hybridized carbons (Fsp3) is 0.429. The summed E-state index contributed by atoms with van der Waals surface area (Å²) < 4.78 is 14.9. The van der Waals surface area contributed by atoms with E-state index in [1.165, 1.54) is 20.3 Å². The summed E-state index contributed by atoms with van der Waals surface area (Å²) in [5, 5.41) is 2.63. The van der Waals surface area contributed by atoms with E-state index in [4.69, 9.17) is 19.9 Å². The van der Waals surface area contributed by atoms with Gasteiger partial charge in [0, 0.05) is 18.8 Å². The average molecular weight is 296 g/mol. The largest absolute Gasteiger partial charge is 0.496 e. The number of esters is 1. The maximum Gasteiger partial charge on any atom is 0.342 e. The topological polar surface area (TPSA) is 99.9 Å². The lowest BCUT2D eigenvalue weighted by Crippen LogP contribution is -2.38. The summed E-state index contributed by atoms with van der Waals surface area (Å²) in [7, 11) is 2.97. The molecule has 1 rings (SSSR count). The molecule has 1 amide bonds. The molecule has 0 fully saturated rings. The third kappa shape index (κ3) is 5.31. The van der Waals surface area contributed by atoms with Crippen LogP contribution >= 0.6 is 0 Å². The number of ether oxygens (including phenoxy) is 3. The van der Waals surface area contributed by atoms with Crippen LogP contribution in [0.25, 0.3) is 0 Å². The Hall–Kier alpha value is -2.28. The Morgan fingerprint density at radius 3 is 2.67 bits per heavy atom. The molecular weight excluding hydrogens is 276 g/mol. The second-order valence-corrected chi connectivity index (χ2v) is 4.46. The molecule has 116 valence electrons. The highest BCUT2D eigenvalue weighted by molar-refractivity contribution is 5.95. The first-order valence-corrected chi connectivity index (χ1v) is 6.36. The van der Waals surface area contributed by atoms with Crippen molar-refractivity contribution in [3.05, 3.63) is 23.8 Å². The van der Waals surface area contributed by atoms with Crippen molar-refractivity contribution in [2.24, 2.45) is 0 Å². The first kappa shape index (κ1) is 16.8. The molecule has 0 heterocycles. The maximum absolute atomic E-state index is 11.9. The third-order valence-electron chi connectivity index (χ3n) is 2.60. The number of nitrogen functional groups attached to an aromatic ring is 1. The number of nitrogens with one attached hydrogen (secondary N) is 1. The molecule has 0 bridgehead atoms. The quantitative estimate of drug-likeness (QED) is 0.564. The second-order valence-electron chi connectivity index (χ2n) is 4.46. The molecule has 0 aromatic heterocycles. The van der Waals surface area contributed by atoms with Crippen LogP contribution in [0.5, 0.6) is 5.75 Å². The Kier molecular flexibility index (Phi) is 6.48.